The molecule has 6 amide bonds. The Morgan fingerprint density at radius 2 is 1.33 bits per heavy atom. The summed E-state index contributed by atoms with van der Waals surface area (Å²) in [7, 11) is 0. The minimum atomic E-state index is -1.02. The molecule has 98 valence electrons. The smallest absolute Gasteiger partial charge is 0.324 e. The molecule has 0 aromatic rings. The molecule has 0 bridgehead atoms. The van der Waals surface area contributed by atoms with Gasteiger partial charge in [0.1, 0.15) is 13.1 Å². The Bertz CT molecular complexity index is 385. The Morgan fingerprint density at radius 1 is 0.944 bits per heavy atom. The summed E-state index contributed by atoms with van der Waals surface area (Å²) >= 11 is 0. The zero-order valence-corrected chi connectivity index (χ0v) is 9.38. The summed E-state index contributed by atoms with van der Waals surface area (Å²) in [5.41, 5.74) is 0. The Labute approximate surface area is 102 Å². The molecule has 9 nitrogen and oxygen atoms in total. The van der Waals surface area contributed by atoms with E-state index in [0.29, 0.717) is 0 Å². The van der Waals surface area contributed by atoms with Crippen molar-refractivity contribution in [3.8, 4) is 0 Å². The van der Waals surface area contributed by atoms with Gasteiger partial charge in [0, 0.05) is 0 Å². The molecule has 9 heteroatoms. The summed E-state index contributed by atoms with van der Waals surface area (Å²) in [6.45, 7) is -0.368. The van der Waals surface area contributed by atoms with Gasteiger partial charge in [0.2, 0.25) is 11.8 Å². The number of hydrogen-bond donors (Lipinski definition) is 3. The maximum Gasteiger partial charge on any atom is 0.324 e. The van der Waals surface area contributed by atoms with E-state index in [2.05, 4.69) is 10.6 Å². The average molecular weight is 256 g/mol. The summed E-state index contributed by atoms with van der Waals surface area (Å²) in [5.74, 6) is -0.859. The van der Waals surface area contributed by atoms with Crippen molar-refractivity contribution in [3.63, 3.8) is 0 Å². The Morgan fingerprint density at radius 3 is 1.61 bits per heavy atom. The molecule has 18 heavy (non-hydrogen) atoms. The van der Waals surface area contributed by atoms with Gasteiger partial charge in [0.15, 0.2) is 0 Å². The largest absolute Gasteiger partial charge is 0.389 e. The number of nitrogens with zero attached hydrogens (tertiary/aromatic N) is 2. The second-order valence-corrected chi connectivity index (χ2v) is 4.12. The average Bonchev–Trinajstić information content (AvgIpc) is 2.71. The molecular weight excluding hydrogens is 244 g/mol. The number of imide groups is 2. The van der Waals surface area contributed by atoms with Gasteiger partial charge in [-0.05, 0) is 0 Å². The van der Waals surface area contributed by atoms with Crippen LogP contribution in [0.2, 0.25) is 0 Å². The maximum absolute atomic E-state index is 11.2. The third-order valence-corrected chi connectivity index (χ3v) is 2.60. The van der Waals surface area contributed by atoms with Gasteiger partial charge in [0.25, 0.3) is 0 Å². The van der Waals surface area contributed by atoms with E-state index in [9.17, 15) is 24.3 Å². The first-order chi connectivity index (χ1) is 8.45. The number of carbonyl (C=O) groups excluding carboxylic acids is 4. The van der Waals surface area contributed by atoms with Crippen LogP contribution in [0, 0.1) is 0 Å². The number of urea groups is 2. The first-order valence-corrected chi connectivity index (χ1v) is 5.31. The first kappa shape index (κ1) is 12.3. The van der Waals surface area contributed by atoms with Crippen LogP contribution in [-0.4, -0.2) is 71.1 Å². The van der Waals surface area contributed by atoms with Gasteiger partial charge in [-0.15, -0.1) is 0 Å². The van der Waals surface area contributed by atoms with E-state index in [-0.39, 0.29) is 26.2 Å². The highest BCUT2D eigenvalue weighted by atomic mass is 16.3. The molecule has 2 rings (SSSR count). The zero-order valence-electron chi connectivity index (χ0n) is 9.38. The second kappa shape index (κ2) is 4.61. The third kappa shape index (κ3) is 2.56. The topological polar surface area (TPSA) is 119 Å². The monoisotopic (exact) mass is 256 g/mol. The highest BCUT2D eigenvalue weighted by molar-refractivity contribution is 6.02. The van der Waals surface area contributed by atoms with Gasteiger partial charge in [-0.3, -0.25) is 20.2 Å². The van der Waals surface area contributed by atoms with Crippen LogP contribution in [0.3, 0.4) is 0 Å². The fraction of sp³-hybridized carbons (Fsp3) is 0.556. The minimum Gasteiger partial charge on any atom is -0.389 e. The molecule has 2 heterocycles. The van der Waals surface area contributed by atoms with Gasteiger partial charge in [-0.1, -0.05) is 0 Å². The van der Waals surface area contributed by atoms with E-state index in [0.717, 1.165) is 9.80 Å². The number of aliphatic hydroxyl groups excluding tert-OH is 1. The summed E-state index contributed by atoms with van der Waals surface area (Å²) < 4.78 is 0. The number of hydrogen-bond acceptors (Lipinski definition) is 5. The van der Waals surface area contributed by atoms with Crippen molar-refractivity contribution >= 4 is 23.9 Å². The van der Waals surface area contributed by atoms with E-state index in [1.165, 1.54) is 0 Å². The molecular formula is C9H12N4O5. The number of β-amino-alcohol motifs (C(OH)–C–C–N with tert-alkyl or cyclic N) is 1. The quantitative estimate of drug-likeness (QED) is 0.478. The number of amides is 6. The van der Waals surface area contributed by atoms with Crippen LogP contribution in [0.25, 0.3) is 0 Å². The number of rotatable bonds is 4. The summed E-state index contributed by atoms with van der Waals surface area (Å²) in [4.78, 5) is 46.5. The van der Waals surface area contributed by atoms with Gasteiger partial charge >= 0.3 is 12.1 Å². The molecule has 0 radical (unpaired) electrons. The predicted octanol–water partition coefficient (Wildman–Crippen LogP) is -2.55. The van der Waals surface area contributed by atoms with Crippen LogP contribution in [0.1, 0.15) is 0 Å². The molecule has 2 fully saturated rings. The van der Waals surface area contributed by atoms with Crippen molar-refractivity contribution in [2.75, 3.05) is 26.2 Å². The molecule has 2 aliphatic heterocycles. The SMILES string of the molecule is O=C1CN(CC(O)CN2CC(=O)NC2=O)C(=O)N1. The zero-order chi connectivity index (χ0) is 13.3. The molecule has 2 aliphatic rings. The Hall–Kier alpha value is -2.16. The van der Waals surface area contributed by atoms with Crippen LogP contribution in [-0.2, 0) is 9.59 Å². The van der Waals surface area contributed by atoms with E-state index in [1.807, 2.05) is 0 Å². The first-order valence-electron chi connectivity index (χ1n) is 5.31. The van der Waals surface area contributed by atoms with Crippen molar-refractivity contribution in [1.29, 1.82) is 0 Å². The molecule has 0 aromatic carbocycles. The van der Waals surface area contributed by atoms with E-state index >= 15 is 0 Å². The Kier molecular flexibility index (Phi) is 3.15. The fourth-order valence-electron chi connectivity index (χ4n) is 1.83. The molecule has 0 aromatic heterocycles. The fourth-order valence-corrected chi connectivity index (χ4v) is 1.83. The molecule has 0 spiro atoms. The lowest BCUT2D eigenvalue weighted by atomic mass is 10.3. The second-order valence-electron chi connectivity index (χ2n) is 4.12. The predicted molar refractivity (Wildman–Crippen MR) is 56.2 cm³/mol. The molecule has 2 saturated heterocycles. The molecule has 0 unspecified atom stereocenters. The van der Waals surface area contributed by atoms with Crippen LogP contribution in [0.5, 0.6) is 0 Å². The van der Waals surface area contributed by atoms with Crippen molar-refractivity contribution in [1.82, 2.24) is 20.4 Å². The molecule has 0 atom stereocenters. The van der Waals surface area contributed by atoms with Crippen molar-refractivity contribution in [2.24, 2.45) is 0 Å². The third-order valence-electron chi connectivity index (χ3n) is 2.60. The van der Waals surface area contributed by atoms with Crippen LogP contribution >= 0.6 is 0 Å². The Balaban J connectivity index is 1.84. The molecule has 3 N–H and O–H groups in total. The lowest BCUT2D eigenvalue weighted by Crippen LogP contribution is -2.42. The molecule has 0 aliphatic carbocycles. The van der Waals surface area contributed by atoms with Gasteiger partial charge < -0.3 is 14.9 Å². The summed E-state index contributed by atoms with van der Waals surface area (Å²) in [5, 5.41) is 13.9. The number of carbonyl (C=O) groups is 4. The van der Waals surface area contributed by atoms with Crippen molar-refractivity contribution in [3.05, 3.63) is 0 Å². The lowest BCUT2D eigenvalue weighted by molar-refractivity contribution is -0.119. The maximum atomic E-state index is 11.2. The highest BCUT2D eigenvalue weighted by Gasteiger charge is 2.32. The van der Waals surface area contributed by atoms with Crippen molar-refractivity contribution in [2.45, 2.75) is 6.10 Å². The van der Waals surface area contributed by atoms with E-state index < -0.39 is 30.0 Å². The number of nitrogens with one attached hydrogen (secondary N) is 2. The van der Waals surface area contributed by atoms with Crippen molar-refractivity contribution < 1.29 is 24.3 Å². The van der Waals surface area contributed by atoms with Gasteiger partial charge in [0.05, 0.1) is 19.2 Å². The van der Waals surface area contributed by atoms with E-state index in [1.54, 1.807) is 0 Å². The summed E-state index contributed by atoms with van der Waals surface area (Å²) in [6.07, 6.45) is -1.02. The minimum absolute atomic E-state index is 0.0739. The van der Waals surface area contributed by atoms with Crippen LogP contribution < -0.4 is 10.6 Å². The highest BCUT2D eigenvalue weighted by Crippen LogP contribution is 2.04. The normalized spacial score (nSPS) is 19.9. The molecule has 0 saturated carbocycles. The van der Waals surface area contributed by atoms with E-state index in [4.69, 9.17) is 0 Å². The van der Waals surface area contributed by atoms with Crippen LogP contribution in [0.4, 0.5) is 9.59 Å². The van der Waals surface area contributed by atoms with Gasteiger partial charge in [-0.25, -0.2) is 9.59 Å². The lowest BCUT2D eigenvalue weighted by Gasteiger charge is -2.21. The van der Waals surface area contributed by atoms with Gasteiger partial charge in [-0.2, -0.15) is 0 Å². The number of aliphatic hydroxyl groups is 1. The standard InChI is InChI=1S/C9H12N4O5/c14-5(1-12-3-6(15)10-8(12)17)2-13-4-7(16)11-9(13)18/h5,14H,1-4H2,(H,10,15,17)(H,11,16,18). The summed E-state index contributed by atoms with van der Waals surface area (Å²) in [6, 6.07) is -1.14. The van der Waals surface area contributed by atoms with Crippen LogP contribution in [0.15, 0.2) is 0 Å².